The lowest BCUT2D eigenvalue weighted by molar-refractivity contribution is -0.132. The van der Waals surface area contributed by atoms with E-state index in [0.717, 1.165) is 31.1 Å². The van der Waals surface area contributed by atoms with Crippen LogP contribution in [-0.2, 0) is 0 Å². The fourth-order valence-corrected chi connectivity index (χ4v) is 5.60. The highest BCUT2D eigenvalue weighted by molar-refractivity contribution is 5.06. The summed E-state index contributed by atoms with van der Waals surface area (Å²) in [5.41, 5.74) is 0.591. The van der Waals surface area contributed by atoms with Gasteiger partial charge in [0, 0.05) is 6.54 Å². The average molecular weight is 261 g/mol. The third-order valence-electron chi connectivity index (χ3n) is 5.30. The fraction of sp³-hybridized carbons (Fsp3) is 1.00. The summed E-state index contributed by atoms with van der Waals surface area (Å²) in [6.45, 7) is 2.08. The first-order valence-electron chi connectivity index (χ1n) is 7.05. The van der Waals surface area contributed by atoms with Gasteiger partial charge >= 0.3 is 6.18 Å². The van der Waals surface area contributed by atoms with Gasteiger partial charge in [-0.15, -0.1) is 0 Å². The van der Waals surface area contributed by atoms with Crippen molar-refractivity contribution in [3.8, 4) is 0 Å². The van der Waals surface area contributed by atoms with E-state index in [9.17, 15) is 13.2 Å². The normalized spacial score (nSPS) is 46.7. The smallest absolute Gasteiger partial charge is 0.308 e. The van der Waals surface area contributed by atoms with Gasteiger partial charge in [0.05, 0.1) is 6.54 Å². The average Bonchev–Trinajstić information content (AvgIpc) is 2.09. The summed E-state index contributed by atoms with van der Waals surface area (Å²) in [6, 6.07) is 0. The molecule has 0 amide bonds. The van der Waals surface area contributed by atoms with Crippen LogP contribution in [0.2, 0.25) is 0 Å². The summed E-state index contributed by atoms with van der Waals surface area (Å²) in [5.74, 6) is 1.56. The van der Waals surface area contributed by atoms with Gasteiger partial charge in [0.15, 0.2) is 0 Å². The van der Waals surface area contributed by atoms with Crippen LogP contribution in [0.4, 0.5) is 13.2 Å². The number of hydrogen-bond acceptors (Lipinski definition) is 1. The Morgan fingerprint density at radius 2 is 1.72 bits per heavy atom. The summed E-state index contributed by atoms with van der Waals surface area (Å²) >= 11 is 0. The monoisotopic (exact) mass is 261 g/mol. The highest BCUT2D eigenvalue weighted by Gasteiger charge is 2.55. The van der Waals surface area contributed by atoms with Crippen molar-refractivity contribution in [2.24, 2.45) is 22.7 Å². The summed E-state index contributed by atoms with van der Waals surface area (Å²) in [5, 5.41) is 2.67. The second-order valence-corrected chi connectivity index (χ2v) is 7.49. The highest BCUT2D eigenvalue weighted by Crippen LogP contribution is 2.64. The largest absolute Gasteiger partial charge is 0.401 e. The lowest BCUT2D eigenvalue weighted by atomic mass is 9.44. The molecule has 0 spiro atoms. The van der Waals surface area contributed by atoms with Crippen LogP contribution in [0, 0.1) is 22.7 Å². The van der Waals surface area contributed by atoms with Crippen molar-refractivity contribution < 1.29 is 13.2 Å². The molecule has 18 heavy (non-hydrogen) atoms. The molecule has 2 unspecified atom stereocenters. The van der Waals surface area contributed by atoms with Crippen molar-refractivity contribution in [3.63, 3.8) is 0 Å². The second kappa shape index (κ2) is 3.87. The Hall–Kier alpha value is -0.250. The zero-order chi connectivity index (χ0) is 13.0. The zero-order valence-electron chi connectivity index (χ0n) is 10.9. The topological polar surface area (TPSA) is 12.0 Å². The molecule has 4 heteroatoms. The lowest BCUT2D eigenvalue weighted by Gasteiger charge is -2.61. The highest BCUT2D eigenvalue weighted by atomic mass is 19.4. The summed E-state index contributed by atoms with van der Waals surface area (Å²) < 4.78 is 36.7. The van der Waals surface area contributed by atoms with Crippen molar-refractivity contribution >= 4 is 0 Å². The fourth-order valence-electron chi connectivity index (χ4n) is 5.60. The van der Waals surface area contributed by atoms with Gasteiger partial charge in [-0.05, 0) is 61.2 Å². The Labute approximate surface area is 107 Å². The molecule has 0 saturated heterocycles. The SMILES string of the molecule is CC12CC3CC(C1)CC(CNCC(F)(F)F)(C3)C2. The first kappa shape index (κ1) is 12.8. The molecule has 0 aromatic rings. The zero-order valence-corrected chi connectivity index (χ0v) is 10.9. The number of nitrogens with one attached hydrogen (secondary N) is 1. The van der Waals surface area contributed by atoms with E-state index in [1.807, 2.05) is 0 Å². The molecule has 4 bridgehead atoms. The molecule has 1 nitrogen and oxygen atoms in total. The number of rotatable bonds is 3. The second-order valence-electron chi connectivity index (χ2n) is 7.49. The van der Waals surface area contributed by atoms with E-state index in [4.69, 9.17) is 0 Å². The van der Waals surface area contributed by atoms with Crippen LogP contribution >= 0.6 is 0 Å². The van der Waals surface area contributed by atoms with Gasteiger partial charge in [-0.1, -0.05) is 6.92 Å². The maximum Gasteiger partial charge on any atom is 0.401 e. The Morgan fingerprint density at radius 1 is 1.11 bits per heavy atom. The van der Waals surface area contributed by atoms with Gasteiger partial charge < -0.3 is 5.32 Å². The van der Waals surface area contributed by atoms with Crippen LogP contribution in [0.25, 0.3) is 0 Å². The van der Waals surface area contributed by atoms with E-state index in [0.29, 0.717) is 12.0 Å². The molecule has 0 aromatic carbocycles. The molecule has 104 valence electrons. The van der Waals surface area contributed by atoms with Crippen LogP contribution in [0.15, 0.2) is 0 Å². The molecule has 4 rings (SSSR count). The minimum absolute atomic E-state index is 0.171. The molecule has 0 radical (unpaired) electrons. The molecule has 4 aliphatic rings. The minimum Gasteiger partial charge on any atom is -0.308 e. The van der Waals surface area contributed by atoms with E-state index in [1.54, 1.807) is 0 Å². The summed E-state index contributed by atoms with van der Waals surface area (Å²) in [4.78, 5) is 0. The molecular formula is C14H22F3N. The minimum atomic E-state index is -4.08. The molecule has 4 fully saturated rings. The Balaban J connectivity index is 1.64. The Morgan fingerprint density at radius 3 is 2.22 bits per heavy atom. The van der Waals surface area contributed by atoms with Gasteiger partial charge in [-0.2, -0.15) is 13.2 Å². The molecule has 4 aliphatic carbocycles. The van der Waals surface area contributed by atoms with Gasteiger partial charge in [-0.25, -0.2) is 0 Å². The predicted octanol–water partition coefficient (Wildman–Crippen LogP) is 3.74. The van der Waals surface area contributed by atoms with Crippen LogP contribution in [0.3, 0.4) is 0 Å². The van der Waals surface area contributed by atoms with Crippen molar-refractivity contribution in [2.45, 2.75) is 51.6 Å². The maximum atomic E-state index is 12.2. The molecule has 0 aliphatic heterocycles. The van der Waals surface area contributed by atoms with Crippen molar-refractivity contribution in [1.82, 2.24) is 5.32 Å². The van der Waals surface area contributed by atoms with E-state index in [-0.39, 0.29) is 5.41 Å². The van der Waals surface area contributed by atoms with E-state index in [1.165, 1.54) is 19.3 Å². The van der Waals surface area contributed by atoms with Crippen LogP contribution in [-0.4, -0.2) is 19.3 Å². The number of alkyl halides is 3. The lowest BCUT2D eigenvalue weighted by Crippen LogP contribution is -2.54. The van der Waals surface area contributed by atoms with Gasteiger partial charge in [0.1, 0.15) is 0 Å². The van der Waals surface area contributed by atoms with Gasteiger partial charge in [0.25, 0.3) is 0 Å². The Kier molecular flexibility index (Phi) is 2.75. The standard InChI is InChI=1S/C14H22F3N/c1-12-3-10-2-11(4-12)6-13(5-10,7-12)8-18-9-14(15,16)17/h10-11,18H,2-9H2,1H3. The molecule has 0 aromatic heterocycles. The quantitative estimate of drug-likeness (QED) is 0.816. The van der Waals surface area contributed by atoms with Crippen LogP contribution in [0.5, 0.6) is 0 Å². The van der Waals surface area contributed by atoms with E-state index >= 15 is 0 Å². The summed E-state index contributed by atoms with van der Waals surface area (Å²) in [7, 11) is 0. The molecule has 4 saturated carbocycles. The van der Waals surface area contributed by atoms with Crippen molar-refractivity contribution in [3.05, 3.63) is 0 Å². The molecule has 2 atom stereocenters. The van der Waals surface area contributed by atoms with Crippen molar-refractivity contribution in [1.29, 1.82) is 0 Å². The maximum absolute atomic E-state index is 12.2. The van der Waals surface area contributed by atoms with Gasteiger partial charge in [-0.3, -0.25) is 0 Å². The molecule has 1 N–H and O–H groups in total. The van der Waals surface area contributed by atoms with E-state index < -0.39 is 12.7 Å². The Bertz CT molecular complexity index is 322. The molecule has 0 heterocycles. The van der Waals surface area contributed by atoms with Crippen LogP contribution < -0.4 is 5.32 Å². The number of halogens is 3. The van der Waals surface area contributed by atoms with E-state index in [2.05, 4.69) is 12.2 Å². The third-order valence-corrected chi connectivity index (χ3v) is 5.30. The first-order valence-corrected chi connectivity index (χ1v) is 7.05. The van der Waals surface area contributed by atoms with Crippen molar-refractivity contribution in [2.75, 3.05) is 13.1 Å². The summed E-state index contributed by atoms with van der Waals surface area (Å²) in [6.07, 6.45) is 3.32. The number of hydrogen-bond donors (Lipinski definition) is 1. The van der Waals surface area contributed by atoms with Crippen LogP contribution in [0.1, 0.15) is 45.4 Å². The molecular weight excluding hydrogens is 239 g/mol. The van der Waals surface area contributed by atoms with Gasteiger partial charge in [0.2, 0.25) is 0 Å². The third kappa shape index (κ3) is 2.40. The predicted molar refractivity (Wildman–Crippen MR) is 64.1 cm³/mol. The first-order chi connectivity index (χ1) is 8.28.